The molecule has 0 saturated carbocycles. The zero-order valence-corrected chi connectivity index (χ0v) is 20.6. The van der Waals surface area contributed by atoms with E-state index in [1.165, 1.54) is 40.2 Å². The van der Waals surface area contributed by atoms with Crippen molar-refractivity contribution in [2.45, 2.75) is 11.8 Å². The number of hydrogen-bond acceptors (Lipinski definition) is 10. The van der Waals surface area contributed by atoms with Crippen LogP contribution in [0, 0.1) is 6.92 Å². The molecule has 0 radical (unpaired) electrons. The number of rotatable bonds is 9. The fourth-order valence-electron chi connectivity index (χ4n) is 2.08. The molecule has 1 rings (SSSR count). The summed E-state index contributed by atoms with van der Waals surface area (Å²) in [6.45, 7) is 5.52. The fraction of sp³-hybridized carbons (Fsp3) is 0.368. The highest BCUT2D eigenvalue weighted by Crippen LogP contribution is 2.25. The normalized spacial score (nSPS) is 10.8. The molecule has 1 aromatic rings. The van der Waals surface area contributed by atoms with Crippen molar-refractivity contribution in [1.82, 2.24) is 19.0 Å². The average molecular weight is 486 g/mol. The van der Waals surface area contributed by atoms with Crippen LogP contribution in [-0.4, -0.2) is 78.9 Å². The van der Waals surface area contributed by atoms with Crippen molar-refractivity contribution in [2.75, 3.05) is 41.6 Å². The Bertz CT molecular complexity index is 893. The number of oxime groups is 1. The number of ether oxygens (including phenoxy) is 1. The second-order valence-corrected chi connectivity index (χ2v) is 8.46. The van der Waals surface area contributed by atoms with Gasteiger partial charge in [-0.05, 0) is 36.9 Å². The van der Waals surface area contributed by atoms with E-state index in [-0.39, 0.29) is 11.4 Å². The number of hydroxylamine groups is 1. The van der Waals surface area contributed by atoms with Crippen LogP contribution >= 0.6 is 23.9 Å². The fourth-order valence-corrected chi connectivity index (χ4v) is 3.24. The molecule has 0 aliphatic rings. The lowest BCUT2D eigenvalue weighted by molar-refractivity contribution is -0.121. The van der Waals surface area contributed by atoms with Crippen LogP contribution in [-0.2, 0) is 14.5 Å². The first kappa shape index (κ1) is 27.1. The van der Waals surface area contributed by atoms with Crippen LogP contribution < -0.4 is 10.2 Å². The minimum atomic E-state index is -0.941. The van der Waals surface area contributed by atoms with E-state index in [0.29, 0.717) is 5.75 Å². The lowest BCUT2D eigenvalue weighted by Crippen LogP contribution is -2.35. The van der Waals surface area contributed by atoms with Crippen LogP contribution in [0.15, 0.2) is 40.5 Å². The first-order chi connectivity index (χ1) is 15.0. The maximum atomic E-state index is 12.3. The van der Waals surface area contributed by atoms with Gasteiger partial charge < -0.3 is 9.64 Å². The topological polar surface area (TPSA) is 113 Å². The summed E-state index contributed by atoms with van der Waals surface area (Å²) in [6.07, 6.45) is 0.320. The van der Waals surface area contributed by atoms with E-state index in [1.54, 1.807) is 23.9 Å². The number of hydrogen-bond donors (Lipinski definition) is 1. The summed E-state index contributed by atoms with van der Waals surface area (Å²) in [5.74, 6) is -0.185. The van der Waals surface area contributed by atoms with Gasteiger partial charge in [0.1, 0.15) is 5.75 Å². The number of carbonyl (C=O) groups excluding carboxylic acids is 3. The Morgan fingerprint density at radius 2 is 1.72 bits per heavy atom. The molecule has 176 valence electrons. The van der Waals surface area contributed by atoms with Crippen LogP contribution in [0.4, 0.5) is 9.59 Å². The van der Waals surface area contributed by atoms with E-state index in [2.05, 4.69) is 17.2 Å². The molecular formula is C19H27N5O6S2. The predicted octanol–water partition coefficient (Wildman–Crippen LogP) is 2.89. The second kappa shape index (κ2) is 12.8. The standard InChI is InChI=1S/C19H27N5O6S2/c1-12-11-14(9-10-15(12)31-8)29-18(26)23(5)32-24(6)19(27)30-21-16(13(2)20-28-7)17(25)22(3)4/h9-11,20H,2H2,1,3-8H3. The molecule has 13 heteroatoms. The SMILES string of the molecule is C=C(NOC)C(=NOC(=O)N(C)SN(C)C(=O)Oc1ccc(SC)c(C)c1)C(=O)N(C)C. The highest BCUT2D eigenvalue weighted by molar-refractivity contribution is 7.98. The molecule has 1 N–H and O–H groups in total. The predicted molar refractivity (Wildman–Crippen MR) is 124 cm³/mol. The number of thioether (sulfide) groups is 1. The second-order valence-electron chi connectivity index (χ2n) is 6.36. The Labute approximate surface area is 195 Å². The molecule has 1 aromatic carbocycles. The van der Waals surface area contributed by atoms with Gasteiger partial charge in [0, 0.05) is 33.1 Å². The Hall–Kier alpha value is -2.90. The molecule has 11 nitrogen and oxygen atoms in total. The Morgan fingerprint density at radius 3 is 2.25 bits per heavy atom. The Kier molecular flexibility index (Phi) is 10.9. The van der Waals surface area contributed by atoms with Gasteiger partial charge in [0.25, 0.3) is 5.91 Å². The lowest BCUT2D eigenvalue weighted by atomic mass is 10.2. The minimum Gasteiger partial charge on any atom is -0.410 e. The monoisotopic (exact) mass is 485 g/mol. The molecule has 3 amide bonds. The molecule has 0 saturated heterocycles. The summed E-state index contributed by atoms with van der Waals surface area (Å²) >= 11 is 2.31. The van der Waals surface area contributed by atoms with Crippen LogP contribution in [0.1, 0.15) is 5.56 Å². The number of amides is 3. The highest BCUT2D eigenvalue weighted by atomic mass is 32.2. The molecule has 0 aliphatic carbocycles. The van der Waals surface area contributed by atoms with E-state index in [0.717, 1.165) is 31.2 Å². The quantitative estimate of drug-likeness (QED) is 0.185. The average Bonchev–Trinajstić information content (AvgIpc) is 2.73. The van der Waals surface area contributed by atoms with Gasteiger partial charge >= 0.3 is 12.2 Å². The van der Waals surface area contributed by atoms with Gasteiger partial charge in [-0.25, -0.2) is 18.2 Å². The molecule has 0 heterocycles. The van der Waals surface area contributed by atoms with Crippen molar-refractivity contribution in [3.05, 3.63) is 36.0 Å². The number of benzene rings is 1. The third kappa shape index (κ3) is 7.98. The first-order valence-corrected chi connectivity index (χ1v) is 11.0. The molecule has 0 bridgehead atoms. The van der Waals surface area contributed by atoms with Gasteiger partial charge in [0.2, 0.25) is 0 Å². The number of nitrogens with zero attached hydrogens (tertiary/aromatic N) is 4. The molecule has 0 aliphatic heterocycles. The van der Waals surface area contributed by atoms with Gasteiger partial charge in [0.05, 0.1) is 24.9 Å². The van der Waals surface area contributed by atoms with E-state index in [4.69, 9.17) is 14.4 Å². The third-order valence-electron chi connectivity index (χ3n) is 3.67. The van der Waals surface area contributed by atoms with Gasteiger partial charge in [-0.1, -0.05) is 11.7 Å². The molecular weight excluding hydrogens is 458 g/mol. The molecule has 0 unspecified atom stereocenters. The van der Waals surface area contributed by atoms with E-state index >= 15 is 0 Å². The number of nitrogens with one attached hydrogen (secondary N) is 1. The number of carbonyl (C=O) groups is 3. The zero-order valence-electron chi connectivity index (χ0n) is 19.0. The summed E-state index contributed by atoms with van der Waals surface area (Å²) in [7, 11) is 7.11. The van der Waals surface area contributed by atoms with Crippen molar-refractivity contribution in [2.24, 2.45) is 5.16 Å². The Morgan fingerprint density at radius 1 is 1.09 bits per heavy atom. The maximum Gasteiger partial charge on any atom is 0.447 e. The highest BCUT2D eigenvalue weighted by Gasteiger charge is 2.23. The molecule has 0 fully saturated rings. The van der Waals surface area contributed by atoms with Crippen LogP contribution in [0.3, 0.4) is 0 Å². The third-order valence-corrected chi connectivity index (χ3v) is 5.35. The smallest absolute Gasteiger partial charge is 0.410 e. The van der Waals surface area contributed by atoms with E-state index in [9.17, 15) is 14.4 Å². The maximum absolute atomic E-state index is 12.3. The van der Waals surface area contributed by atoms with Gasteiger partial charge in [-0.2, -0.15) is 0 Å². The van der Waals surface area contributed by atoms with Crippen LogP contribution in [0.2, 0.25) is 0 Å². The van der Waals surface area contributed by atoms with Gasteiger partial charge in [-0.15, -0.1) is 11.8 Å². The van der Waals surface area contributed by atoms with Crippen molar-refractivity contribution >= 4 is 47.7 Å². The van der Waals surface area contributed by atoms with Crippen LogP contribution in [0.25, 0.3) is 0 Å². The summed E-state index contributed by atoms with van der Waals surface area (Å²) in [5, 5.41) is 3.57. The molecule has 32 heavy (non-hydrogen) atoms. The van der Waals surface area contributed by atoms with E-state index in [1.807, 2.05) is 19.2 Å². The van der Waals surface area contributed by atoms with Gasteiger partial charge in [-0.3, -0.25) is 19.9 Å². The van der Waals surface area contributed by atoms with Crippen molar-refractivity contribution in [3.63, 3.8) is 0 Å². The molecule has 0 atom stereocenters. The van der Waals surface area contributed by atoms with Gasteiger partial charge in [0.15, 0.2) is 5.71 Å². The molecule has 0 spiro atoms. The van der Waals surface area contributed by atoms with Crippen molar-refractivity contribution in [1.29, 1.82) is 0 Å². The Balaban J connectivity index is 2.75. The van der Waals surface area contributed by atoms with Crippen molar-refractivity contribution < 1.29 is 28.8 Å². The minimum absolute atomic E-state index is 0.00205. The largest absolute Gasteiger partial charge is 0.447 e. The van der Waals surface area contributed by atoms with E-state index < -0.39 is 18.1 Å². The zero-order chi connectivity index (χ0) is 24.4. The van der Waals surface area contributed by atoms with Crippen molar-refractivity contribution in [3.8, 4) is 5.75 Å². The summed E-state index contributed by atoms with van der Waals surface area (Å²) < 4.78 is 7.41. The summed E-state index contributed by atoms with van der Waals surface area (Å²) in [5.41, 5.74) is 3.07. The number of aryl methyl sites for hydroxylation is 1. The summed E-state index contributed by atoms with van der Waals surface area (Å²) in [6, 6.07) is 5.29. The van der Waals surface area contributed by atoms with Crippen LogP contribution in [0.5, 0.6) is 5.75 Å². The molecule has 0 aromatic heterocycles. The lowest BCUT2D eigenvalue weighted by Gasteiger charge is -2.21. The first-order valence-electron chi connectivity index (χ1n) is 9.02. The summed E-state index contributed by atoms with van der Waals surface area (Å²) in [4.78, 5) is 48.6.